The van der Waals surface area contributed by atoms with E-state index in [-0.39, 0.29) is 18.0 Å². The van der Waals surface area contributed by atoms with E-state index in [9.17, 15) is 4.79 Å². The highest BCUT2D eigenvalue weighted by atomic mass is 32.2. The highest BCUT2D eigenvalue weighted by Crippen LogP contribution is 2.31. The van der Waals surface area contributed by atoms with Crippen molar-refractivity contribution in [2.75, 3.05) is 6.26 Å². The number of benzene rings is 2. The van der Waals surface area contributed by atoms with E-state index in [1.807, 2.05) is 52.0 Å². The van der Waals surface area contributed by atoms with Crippen LogP contribution in [0.5, 0.6) is 0 Å². The Hall–Kier alpha value is -2.00. The lowest BCUT2D eigenvalue weighted by atomic mass is 9.86. The summed E-state index contributed by atoms with van der Waals surface area (Å²) in [6.45, 7) is 13.6. The van der Waals surface area contributed by atoms with Crippen molar-refractivity contribution in [3.05, 3.63) is 71.3 Å². The van der Waals surface area contributed by atoms with Crippen LogP contribution in [0.25, 0.3) is 6.08 Å². The number of carbonyl (C=O) groups is 1. The first-order valence-corrected chi connectivity index (χ1v) is 11.3. The van der Waals surface area contributed by atoms with Gasteiger partial charge in [0.15, 0.2) is 0 Å². The summed E-state index contributed by atoms with van der Waals surface area (Å²) in [5.41, 5.74) is 3.78. The Kier molecular flexibility index (Phi) is 13.9. The fraction of sp³-hybridized carbons (Fsp3) is 0.400. The third-order valence-electron chi connectivity index (χ3n) is 4.00. The fourth-order valence-electron chi connectivity index (χ4n) is 2.63. The Labute approximate surface area is 176 Å². The van der Waals surface area contributed by atoms with Gasteiger partial charge in [0.25, 0.3) is 0 Å². The lowest BCUT2D eigenvalue weighted by molar-refractivity contribution is -0.144. The van der Waals surface area contributed by atoms with Crippen molar-refractivity contribution in [2.24, 2.45) is 0 Å². The standard InChI is InChI=1S/C13H14O2.C8H10S.2C2H6/c1-9-12-6-4-3-5-11(12)7-8-13(9)15-10(2)14;1-7-3-5-8(9-2)6-4-7;2*1-2/h3-9,13H,1-2H3;3-6H,1-2H3;2*1-2H3/t9-,13-;;;/m1.../s1. The van der Waals surface area contributed by atoms with Crippen molar-refractivity contribution in [3.63, 3.8) is 0 Å². The minimum Gasteiger partial charge on any atom is -0.458 e. The monoisotopic (exact) mass is 400 g/mol. The summed E-state index contributed by atoms with van der Waals surface area (Å²) in [6.07, 6.45) is 5.93. The second-order valence-corrected chi connectivity index (χ2v) is 6.75. The predicted octanol–water partition coefficient (Wildman–Crippen LogP) is 7.52. The molecule has 0 amide bonds. The molecule has 0 fully saturated rings. The molecule has 0 bridgehead atoms. The average molecular weight is 401 g/mol. The van der Waals surface area contributed by atoms with Gasteiger partial charge in [0.1, 0.15) is 6.10 Å². The van der Waals surface area contributed by atoms with Crippen molar-refractivity contribution >= 4 is 23.8 Å². The molecule has 0 radical (unpaired) electrons. The van der Waals surface area contributed by atoms with Gasteiger partial charge in [-0.05, 0) is 42.5 Å². The maximum Gasteiger partial charge on any atom is 0.303 e. The molecule has 0 saturated heterocycles. The SMILES string of the molecule is CC.CC.CC(=O)O[C@@H]1C=Cc2ccccc2[C@H]1C.CSc1ccc(C)cc1. The summed E-state index contributed by atoms with van der Waals surface area (Å²) in [7, 11) is 0. The molecular weight excluding hydrogens is 364 g/mol. The second-order valence-electron chi connectivity index (χ2n) is 5.87. The largest absolute Gasteiger partial charge is 0.458 e. The van der Waals surface area contributed by atoms with Crippen molar-refractivity contribution in [3.8, 4) is 0 Å². The molecule has 0 N–H and O–H groups in total. The maximum atomic E-state index is 10.9. The smallest absolute Gasteiger partial charge is 0.303 e. The number of ether oxygens (including phenoxy) is 1. The molecule has 1 aliphatic rings. The first-order valence-electron chi connectivity index (χ1n) is 10.1. The Bertz CT molecular complexity index is 705. The summed E-state index contributed by atoms with van der Waals surface area (Å²) in [5.74, 6) is 0.00554. The van der Waals surface area contributed by atoms with Crippen LogP contribution in [0, 0.1) is 6.92 Å². The molecule has 2 aromatic rings. The molecule has 154 valence electrons. The van der Waals surface area contributed by atoms with Crippen LogP contribution in [0.4, 0.5) is 0 Å². The Morgan fingerprint density at radius 2 is 1.54 bits per heavy atom. The van der Waals surface area contributed by atoms with E-state index < -0.39 is 0 Å². The molecule has 0 heterocycles. The number of thioether (sulfide) groups is 1. The molecule has 0 spiro atoms. The van der Waals surface area contributed by atoms with Gasteiger partial charge in [0.2, 0.25) is 0 Å². The van der Waals surface area contributed by atoms with Gasteiger partial charge in [0.05, 0.1) is 0 Å². The maximum absolute atomic E-state index is 10.9. The Morgan fingerprint density at radius 3 is 2.07 bits per heavy atom. The topological polar surface area (TPSA) is 26.3 Å². The first kappa shape index (κ1) is 26.0. The summed E-state index contributed by atoms with van der Waals surface area (Å²) in [6, 6.07) is 16.7. The van der Waals surface area contributed by atoms with Crippen LogP contribution in [0.1, 0.15) is 64.2 Å². The molecule has 0 saturated carbocycles. The number of aryl methyl sites for hydroxylation is 1. The number of hydrogen-bond acceptors (Lipinski definition) is 3. The van der Waals surface area contributed by atoms with Crippen LogP contribution in [0.2, 0.25) is 0 Å². The highest BCUT2D eigenvalue weighted by Gasteiger charge is 2.23. The number of hydrogen-bond donors (Lipinski definition) is 0. The highest BCUT2D eigenvalue weighted by molar-refractivity contribution is 7.98. The van der Waals surface area contributed by atoms with Gasteiger partial charge in [0, 0.05) is 17.7 Å². The molecule has 0 aliphatic heterocycles. The van der Waals surface area contributed by atoms with Gasteiger partial charge in [-0.1, -0.05) is 82.7 Å². The Morgan fingerprint density at radius 1 is 0.964 bits per heavy atom. The van der Waals surface area contributed by atoms with E-state index in [0.29, 0.717) is 0 Å². The molecule has 1 aliphatic carbocycles. The number of esters is 1. The summed E-state index contributed by atoms with van der Waals surface area (Å²) >= 11 is 1.78. The van der Waals surface area contributed by atoms with Crippen LogP contribution in [-0.2, 0) is 9.53 Å². The lowest BCUT2D eigenvalue weighted by Gasteiger charge is -2.26. The molecule has 3 heteroatoms. The zero-order valence-electron chi connectivity index (χ0n) is 18.7. The van der Waals surface area contributed by atoms with E-state index >= 15 is 0 Å². The molecule has 0 aromatic heterocycles. The molecule has 2 atom stereocenters. The van der Waals surface area contributed by atoms with E-state index in [0.717, 1.165) is 0 Å². The van der Waals surface area contributed by atoms with E-state index in [4.69, 9.17) is 4.74 Å². The van der Waals surface area contributed by atoms with Gasteiger partial charge >= 0.3 is 5.97 Å². The molecule has 2 nitrogen and oxygen atoms in total. The molecule has 2 aromatic carbocycles. The molecule has 0 unspecified atom stereocenters. The normalized spacial score (nSPS) is 16.0. The number of rotatable bonds is 2. The molecule has 3 rings (SSSR count). The van der Waals surface area contributed by atoms with E-state index in [1.165, 1.54) is 28.5 Å². The molecular formula is C25H36O2S. The van der Waals surface area contributed by atoms with Crippen LogP contribution in [0.3, 0.4) is 0 Å². The van der Waals surface area contributed by atoms with Crippen molar-refractivity contribution < 1.29 is 9.53 Å². The zero-order chi connectivity index (χ0) is 21.5. The Balaban J connectivity index is 0.000000481. The van der Waals surface area contributed by atoms with Crippen LogP contribution < -0.4 is 0 Å². The van der Waals surface area contributed by atoms with Crippen molar-refractivity contribution in [1.29, 1.82) is 0 Å². The minimum absolute atomic E-state index is 0.127. The molecule has 28 heavy (non-hydrogen) atoms. The van der Waals surface area contributed by atoms with Gasteiger partial charge in [-0.3, -0.25) is 4.79 Å². The third kappa shape index (κ3) is 8.79. The fourth-order valence-corrected chi connectivity index (χ4v) is 3.04. The average Bonchev–Trinajstić information content (AvgIpc) is 2.74. The van der Waals surface area contributed by atoms with Gasteiger partial charge < -0.3 is 4.74 Å². The van der Waals surface area contributed by atoms with Crippen LogP contribution in [-0.4, -0.2) is 18.3 Å². The third-order valence-corrected chi connectivity index (χ3v) is 4.75. The quantitative estimate of drug-likeness (QED) is 0.385. The number of fused-ring (bicyclic) bond motifs is 1. The minimum atomic E-state index is -0.226. The van der Waals surface area contributed by atoms with E-state index in [1.54, 1.807) is 11.8 Å². The van der Waals surface area contributed by atoms with Crippen LogP contribution in [0.15, 0.2) is 59.5 Å². The van der Waals surface area contributed by atoms with E-state index in [2.05, 4.69) is 56.5 Å². The second kappa shape index (κ2) is 15.0. The van der Waals surface area contributed by atoms with Crippen molar-refractivity contribution in [1.82, 2.24) is 0 Å². The van der Waals surface area contributed by atoms with Gasteiger partial charge in [-0.25, -0.2) is 0 Å². The lowest BCUT2D eigenvalue weighted by Crippen LogP contribution is -2.23. The number of carbonyl (C=O) groups excluding carboxylic acids is 1. The summed E-state index contributed by atoms with van der Waals surface area (Å²) in [4.78, 5) is 12.2. The summed E-state index contributed by atoms with van der Waals surface area (Å²) in [5, 5.41) is 0. The zero-order valence-corrected chi connectivity index (χ0v) is 19.5. The first-order chi connectivity index (χ1) is 13.5. The van der Waals surface area contributed by atoms with Crippen molar-refractivity contribution in [2.45, 2.75) is 65.4 Å². The van der Waals surface area contributed by atoms with Gasteiger partial charge in [-0.2, -0.15) is 0 Å². The van der Waals surface area contributed by atoms with Gasteiger partial charge in [-0.15, -0.1) is 11.8 Å². The van der Waals surface area contributed by atoms with Crippen LogP contribution >= 0.6 is 11.8 Å². The predicted molar refractivity (Wildman–Crippen MR) is 125 cm³/mol. The summed E-state index contributed by atoms with van der Waals surface area (Å²) < 4.78 is 5.23.